The summed E-state index contributed by atoms with van der Waals surface area (Å²) in [6, 6.07) is 5.57. The Labute approximate surface area is 104 Å². The van der Waals surface area contributed by atoms with Gasteiger partial charge in [0.15, 0.2) is 0 Å². The van der Waals surface area contributed by atoms with Crippen LogP contribution < -0.4 is 0 Å². The first-order chi connectivity index (χ1) is 7.83. The van der Waals surface area contributed by atoms with Crippen LogP contribution in [0.15, 0.2) is 18.2 Å². The van der Waals surface area contributed by atoms with E-state index >= 15 is 0 Å². The summed E-state index contributed by atoms with van der Waals surface area (Å²) in [6.07, 6.45) is 0. The van der Waals surface area contributed by atoms with Gasteiger partial charge in [-0.25, -0.2) is 4.79 Å². The van der Waals surface area contributed by atoms with E-state index in [0.29, 0.717) is 5.56 Å². The number of ether oxygens (including phenoxy) is 1. The summed E-state index contributed by atoms with van der Waals surface area (Å²) >= 11 is 0. The second kappa shape index (κ2) is 5.20. The first kappa shape index (κ1) is 13.5. The van der Waals surface area contributed by atoms with Crippen LogP contribution in [-0.2, 0) is 4.74 Å². The molecule has 0 N–H and O–H groups in total. The molecule has 0 fully saturated rings. The molecule has 0 heterocycles. The Kier molecular flexibility index (Phi) is 4.14. The van der Waals surface area contributed by atoms with Crippen LogP contribution in [0.1, 0.15) is 21.5 Å². The van der Waals surface area contributed by atoms with E-state index in [1.807, 2.05) is 19.1 Å². The highest BCUT2D eigenvalue weighted by Crippen LogP contribution is 2.12. The molecule has 90 valence electrons. The number of esters is 1. The molecule has 0 unspecified atom stereocenters. The molecule has 0 bridgehead atoms. The molecular formula is C14H18O2Si. The standard InChI is InChI=1S/C14H18O2Si/c1-11-10-12(8-9-17(3,4)5)6-7-13(11)14(15)16-2/h6-7,10H,1-5H3. The summed E-state index contributed by atoms with van der Waals surface area (Å²) in [5.41, 5.74) is 5.76. The van der Waals surface area contributed by atoms with Crippen LogP contribution >= 0.6 is 0 Å². The zero-order valence-corrected chi connectivity index (χ0v) is 12.0. The monoisotopic (exact) mass is 246 g/mol. The van der Waals surface area contributed by atoms with Crippen molar-refractivity contribution in [1.29, 1.82) is 0 Å². The second-order valence-corrected chi connectivity index (χ2v) is 9.77. The molecular weight excluding hydrogens is 228 g/mol. The van der Waals surface area contributed by atoms with Gasteiger partial charge in [-0.3, -0.25) is 0 Å². The van der Waals surface area contributed by atoms with Gasteiger partial charge in [-0.2, -0.15) is 0 Å². The number of methoxy groups -OCH3 is 1. The van der Waals surface area contributed by atoms with E-state index in [1.54, 1.807) is 6.07 Å². The van der Waals surface area contributed by atoms with Crippen LogP contribution in [-0.4, -0.2) is 21.2 Å². The molecule has 0 spiro atoms. The fourth-order valence-electron chi connectivity index (χ4n) is 1.34. The summed E-state index contributed by atoms with van der Waals surface area (Å²) in [5.74, 6) is 2.87. The maximum atomic E-state index is 11.4. The Morgan fingerprint density at radius 2 is 1.94 bits per heavy atom. The van der Waals surface area contributed by atoms with Gasteiger partial charge in [0.2, 0.25) is 0 Å². The minimum Gasteiger partial charge on any atom is -0.465 e. The molecule has 0 atom stereocenters. The quantitative estimate of drug-likeness (QED) is 0.432. The maximum absolute atomic E-state index is 11.4. The van der Waals surface area contributed by atoms with E-state index < -0.39 is 8.07 Å². The zero-order chi connectivity index (χ0) is 13.1. The normalized spacial score (nSPS) is 10.4. The van der Waals surface area contributed by atoms with Crippen molar-refractivity contribution in [3.05, 3.63) is 34.9 Å². The summed E-state index contributed by atoms with van der Waals surface area (Å²) in [7, 11) is 0.0372. The van der Waals surface area contributed by atoms with Gasteiger partial charge < -0.3 is 4.74 Å². The summed E-state index contributed by atoms with van der Waals surface area (Å²) in [5, 5.41) is 0. The Morgan fingerprint density at radius 1 is 1.29 bits per heavy atom. The molecule has 2 nitrogen and oxygen atoms in total. The predicted molar refractivity (Wildman–Crippen MR) is 72.7 cm³/mol. The van der Waals surface area contributed by atoms with Gasteiger partial charge in [0.25, 0.3) is 0 Å². The lowest BCUT2D eigenvalue weighted by Crippen LogP contribution is -2.16. The van der Waals surface area contributed by atoms with Crippen molar-refractivity contribution in [3.63, 3.8) is 0 Å². The van der Waals surface area contributed by atoms with Gasteiger partial charge in [-0.1, -0.05) is 25.6 Å². The average molecular weight is 246 g/mol. The van der Waals surface area contributed by atoms with Crippen molar-refractivity contribution >= 4 is 14.0 Å². The minimum atomic E-state index is -1.35. The summed E-state index contributed by atoms with van der Waals surface area (Å²) < 4.78 is 4.70. The first-order valence-electron chi connectivity index (χ1n) is 5.55. The Balaban J connectivity index is 3.04. The SMILES string of the molecule is COC(=O)c1ccc(C#C[Si](C)(C)C)cc1C. The maximum Gasteiger partial charge on any atom is 0.338 e. The fraction of sp³-hybridized carbons (Fsp3) is 0.357. The van der Waals surface area contributed by atoms with Crippen LogP contribution in [0.2, 0.25) is 19.6 Å². The van der Waals surface area contributed by atoms with Crippen LogP contribution in [0.5, 0.6) is 0 Å². The minimum absolute atomic E-state index is 0.299. The van der Waals surface area contributed by atoms with E-state index in [4.69, 9.17) is 4.74 Å². The molecule has 1 rings (SSSR count). The van der Waals surface area contributed by atoms with Gasteiger partial charge >= 0.3 is 5.97 Å². The smallest absolute Gasteiger partial charge is 0.338 e. The van der Waals surface area contributed by atoms with Crippen LogP contribution in [0.4, 0.5) is 0 Å². The third-order valence-corrected chi connectivity index (χ3v) is 3.09. The second-order valence-electron chi connectivity index (χ2n) is 5.02. The highest BCUT2D eigenvalue weighted by Gasteiger charge is 2.10. The van der Waals surface area contributed by atoms with Gasteiger partial charge in [0.1, 0.15) is 8.07 Å². The number of hydrogen-bond acceptors (Lipinski definition) is 2. The first-order valence-corrected chi connectivity index (χ1v) is 9.05. The highest BCUT2D eigenvalue weighted by atomic mass is 28.3. The van der Waals surface area contributed by atoms with Crippen molar-refractivity contribution in [1.82, 2.24) is 0 Å². The predicted octanol–water partition coefficient (Wildman–Crippen LogP) is 3.01. The van der Waals surface area contributed by atoms with E-state index in [-0.39, 0.29) is 5.97 Å². The van der Waals surface area contributed by atoms with Crippen molar-refractivity contribution in [3.8, 4) is 11.5 Å². The van der Waals surface area contributed by atoms with E-state index in [2.05, 4.69) is 31.1 Å². The molecule has 0 aromatic heterocycles. The number of rotatable bonds is 1. The van der Waals surface area contributed by atoms with E-state index in [0.717, 1.165) is 11.1 Å². The molecule has 0 saturated carbocycles. The average Bonchev–Trinajstić information content (AvgIpc) is 2.24. The van der Waals surface area contributed by atoms with Gasteiger partial charge in [-0.15, -0.1) is 5.54 Å². The van der Waals surface area contributed by atoms with Crippen LogP contribution in [0.3, 0.4) is 0 Å². The molecule has 1 aromatic rings. The molecule has 3 heteroatoms. The lowest BCUT2D eigenvalue weighted by atomic mass is 10.1. The molecule has 17 heavy (non-hydrogen) atoms. The molecule has 0 radical (unpaired) electrons. The fourth-order valence-corrected chi connectivity index (χ4v) is 1.86. The lowest BCUT2D eigenvalue weighted by Gasteiger charge is -2.05. The molecule has 0 amide bonds. The topological polar surface area (TPSA) is 26.3 Å². The van der Waals surface area contributed by atoms with Crippen molar-refractivity contribution in [2.75, 3.05) is 7.11 Å². The lowest BCUT2D eigenvalue weighted by molar-refractivity contribution is 0.0600. The van der Waals surface area contributed by atoms with Gasteiger partial charge in [0, 0.05) is 5.56 Å². The van der Waals surface area contributed by atoms with Crippen LogP contribution in [0, 0.1) is 18.4 Å². The molecule has 0 saturated heterocycles. The van der Waals surface area contributed by atoms with E-state index in [1.165, 1.54) is 7.11 Å². The summed E-state index contributed by atoms with van der Waals surface area (Å²) in [4.78, 5) is 11.4. The van der Waals surface area contributed by atoms with Gasteiger partial charge in [-0.05, 0) is 30.7 Å². The van der Waals surface area contributed by atoms with Crippen LogP contribution in [0.25, 0.3) is 0 Å². The molecule has 0 aliphatic rings. The van der Waals surface area contributed by atoms with Crippen molar-refractivity contribution < 1.29 is 9.53 Å². The van der Waals surface area contributed by atoms with Crippen molar-refractivity contribution in [2.45, 2.75) is 26.6 Å². The Hall–Kier alpha value is -1.53. The third kappa shape index (κ3) is 4.08. The van der Waals surface area contributed by atoms with Crippen molar-refractivity contribution in [2.24, 2.45) is 0 Å². The molecule has 0 aliphatic carbocycles. The van der Waals surface area contributed by atoms with Gasteiger partial charge in [0.05, 0.1) is 12.7 Å². The zero-order valence-electron chi connectivity index (χ0n) is 11.0. The largest absolute Gasteiger partial charge is 0.465 e. The van der Waals surface area contributed by atoms with E-state index in [9.17, 15) is 4.79 Å². The summed E-state index contributed by atoms with van der Waals surface area (Å²) in [6.45, 7) is 8.51. The number of benzene rings is 1. The third-order valence-electron chi connectivity index (χ3n) is 2.21. The molecule has 0 aliphatic heterocycles. The number of carbonyl (C=O) groups is 1. The Morgan fingerprint density at radius 3 is 2.41 bits per heavy atom. The highest BCUT2D eigenvalue weighted by molar-refractivity contribution is 6.83. The molecule has 1 aromatic carbocycles. The number of hydrogen-bond donors (Lipinski definition) is 0. The Bertz CT molecular complexity index is 487. The number of carbonyl (C=O) groups excluding carboxylic acids is 1. The number of aryl methyl sites for hydroxylation is 1.